The summed E-state index contributed by atoms with van der Waals surface area (Å²) in [5.74, 6) is 1.15. The number of hydrogen-bond acceptors (Lipinski definition) is 5. The molecule has 4 rings (SSSR count). The van der Waals surface area contributed by atoms with Crippen molar-refractivity contribution in [2.24, 2.45) is 0 Å². The molecule has 7 nitrogen and oxygen atoms in total. The Bertz CT molecular complexity index is 1120. The molecule has 0 unspecified atom stereocenters. The zero-order valence-electron chi connectivity index (χ0n) is 18.4. The molecule has 168 valence electrons. The Kier molecular flexibility index (Phi) is 6.67. The molecule has 0 radical (unpaired) electrons. The van der Waals surface area contributed by atoms with Crippen molar-refractivity contribution in [1.82, 2.24) is 15.1 Å². The molecule has 2 aromatic carbocycles. The van der Waals surface area contributed by atoms with Crippen molar-refractivity contribution in [1.29, 1.82) is 0 Å². The average molecular weight is 455 g/mol. The van der Waals surface area contributed by atoms with Crippen molar-refractivity contribution >= 4 is 23.2 Å². The number of halogens is 1. The van der Waals surface area contributed by atoms with Crippen molar-refractivity contribution in [3.8, 4) is 17.2 Å². The van der Waals surface area contributed by atoms with E-state index in [0.29, 0.717) is 27.8 Å². The fourth-order valence-electron chi connectivity index (χ4n) is 4.15. The summed E-state index contributed by atoms with van der Waals surface area (Å²) in [5.41, 5.74) is 3.91. The number of piperidine rings is 1. The molecule has 0 spiro atoms. The van der Waals surface area contributed by atoms with Gasteiger partial charge in [0, 0.05) is 22.7 Å². The van der Waals surface area contributed by atoms with E-state index in [1.54, 1.807) is 38.6 Å². The maximum Gasteiger partial charge on any atom is 0.259 e. The summed E-state index contributed by atoms with van der Waals surface area (Å²) in [6.07, 6.45) is 3.51. The van der Waals surface area contributed by atoms with Gasteiger partial charge in [-0.1, -0.05) is 17.7 Å². The highest BCUT2D eigenvalue weighted by atomic mass is 35.5. The minimum absolute atomic E-state index is 0.211. The first-order chi connectivity index (χ1) is 15.5. The topological polar surface area (TPSA) is 77.4 Å². The van der Waals surface area contributed by atoms with E-state index in [1.807, 2.05) is 29.8 Å². The number of benzene rings is 2. The Balaban J connectivity index is 1.73. The Hall–Kier alpha value is -3.03. The van der Waals surface area contributed by atoms with Gasteiger partial charge < -0.3 is 20.1 Å². The standard InChI is InChI=1S/C24H27ClN4O3/c1-15-19(25)5-4-6-20(15)29-23(16-9-11-26-12-10-16)18(14-27-29)24(30)28-17-7-8-21(31-2)22(13-17)32-3/h4-8,13-14,16,26H,9-12H2,1-3H3,(H,28,30). The van der Waals surface area contributed by atoms with Crippen LogP contribution in [0.5, 0.6) is 11.5 Å². The van der Waals surface area contributed by atoms with Gasteiger partial charge in [-0.25, -0.2) is 4.68 Å². The Morgan fingerprint density at radius 3 is 2.62 bits per heavy atom. The van der Waals surface area contributed by atoms with E-state index in [4.69, 9.17) is 21.1 Å². The number of methoxy groups -OCH3 is 2. The summed E-state index contributed by atoms with van der Waals surface area (Å²) in [6.45, 7) is 3.77. The first-order valence-corrected chi connectivity index (χ1v) is 11.0. The normalized spacial score (nSPS) is 14.2. The van der Waals surface area contributed by atoms with Crippen molar-refractivity contribution in [2.45, 2.75) is 25.7 Å². The van der Waals surface area contributed by atoms with Crippen molar-refractivity contribution in [2.75, 3.05) is 32.6 Å². The van der Waals surface area contributed by atoms with Crippen LogP contribution in [0.15, 0.2) is 42.6 Å². The van der Waals surface area contributed by atoms with Crippen LogP contribution in [0.25, 0.3) is 5.69 Å². The highest BCUT2D eigenvalue weighted by Crippen LogP contribution is 2.34. The van der Waals surface area contributed by atoms with Crippen LogP contribution in [0.4, 0.5) is 5.69 Å². The molecule has 1 amide bonds. The molecule has 1 aromatic heterocycles. The van der Waals surface area contributed by atoms with Crippen LogP contribution in [-0.4, -0.2) is 43.0 Å². The number of carbonyl (C=O) groups excluding carboxylic acids is 1. The van der Waals surface area contributed by atoms with Crippen LogP contribution >= 0.6 is 11.6 Å². The number of nitrogens with zero attached hydrogens (tertiary/aromatic N) is 2. The van der Waals surface area contributed by atoms with Crippen LogP contribution in [0, 0.1) is 6.92 Å². The van der Waals surface area contributed by atoms with Crippen molar-refractivity contribution in [3.63, 3.8) is 0 Å². The number of rotatable bonds is 6. The van der Waals surface area contributed by atoms with E-state index in [2.05, 4.69) is 15.7 Å². The van der Waals surface area contributed by atoms with Gasteiger partial charge >= 0.3 is 0 Å². The number of ether oxygens (including phenoxy) is 2. The molecular weight excluding hydrogens is 428 g/mol. The third-order valence-electron chi connectivity index (χ3n) is 5.89. The Morgan fingerprint density at radius 2 is 1.91 bits per heavy atom. The van der Waals surface area contributed by atoms with E-state index in [-0.39, 0.29) is 11.8 Å². The molecule has 2 N–H and O–H groups in total. The van der Waals surface area contributed by atoms with Crippen LogP contribution in [0.2, 0.25) is 5.02 Å². The third kappa shape index (κ3) is 4.31. The van der Waals surface area contributed by atoms with Crippen LogP contribution in [0.1, 0.15) is 40.4 Å². The first kappa shape index (κ1) is 22.2. The zero-order valence-corrected chi connectivity index (χ0v) is 19.2. The molecular formula is C24H27ClN4O3. The fourth-order valence-corrected chi connectivity index (χ4v) is 4.32. The van der Waals surface area contributed by atoms with Gasteiger partial charge in [0.05, 0.1) is 37.4 Å². The number of nitrogens with one attached hydrogen (secondary N) is 2. The molecule has 3 aromatic rings. The highest BCUT2D eigenvalue weighted by molar-refractivity contribution is 6.31. The van der Waals surface area contributed by atoms with E-state index in [0.717, 1.165) is 42.9 Å². The average Bonchev–Trinajstić information content (AvgIpc) is 3.26. The SMILES string of the molecule is COc1ccc(NC(=O)c2cnn(-c3cccc(Cl)c3C)c2C2CCNCC2)cc1OC. The van der Waals surface area contributed by atoms with E-state index < -0.39 is 0 Å². The van der Waals surface area contributed by atoms with E-state index >= 15 is 0 Å². The Labute approximate surface area is 192 Å². The van der Waals surface area contributed by atoms with Crippen molar-refractivity contribution < 1.29 is 14.3 Å². The Morgan fingerprint density at radius 1 is 1.16 bits per heavy atom. The maximum atomic E-state index is 13.3. The molecule has 0 bridgehead atoms. The largest absolute Gasteiger partial charge is 0.493 e. The lowest BCUT2D eigenvalue weighted by Crippen LogP contribution is -2.29. The second-order valence-electron chi connectivity index (χ2n) is 7.79. The summed E-state index contributed by atoms with van der Waals surface area (Å²) in [4.78, 5) is 13.3. The van der Waals surface area contributed by atoms with Crippen LogP contribution in [0.3, 0.4) is 0 Å². The van der Waals surface area contributed by atoms with Gasteiger partial charge in [0.15, 0.2) is 11.5 Å². The lowest BCUT2D eigenvalue weighted by molar-refractivity contribution is 0.102. The quantitative estimate of drug-likeness (QED) is 0.570. The molecule has 8 heteroatoms. The summed E-state index contributed by atoms with van der Waals surface area (Å²) >= 11 is 6.38. The lowest BCUT2D eigenvalue weighted by Gasteiger charge is -2.25. The number of anilines is 1. The highest BCUT2D eigenvalue weighted by Gasteiger charge is 2.28. The number of aromatic nitrogens is 2. The smallest absolute Gasteiger partial charge is 0.259 e. The molecule has 32 heavy (non-hydrogen) atoms. The molecule has 0 saturated carbocycles. The molecule has 1 fully saturated rings. The number of carbonyl (C=O) groups is 1. The monoisotopic (exact) mass is 454 g/mol. The van der Waals surface area contributed by atoms with Gasteiger partial charge in [0.1, 0.15) is 0 Å². The van der Waals surface area contributed by atoms with Gasteiger partial charge in [-0.05, 0) is 62.7 Å². The van der Waals surface area contributed by atoms with Gasteiger partial charge in [0.25, 0.3) is 5.91 Å². The molecule has 1 aliphatic rings. The maximum absolute atomic E-state index is 13.3. The third-order valence-corrected chi connectivity index (χ3v) is 6.30. The minimum Gasteiger partial charge on any atom is -0.493 e. The summed E-state index contributed by atoms with van der Waals surface area (Å²) in [6, 6.07) is 11.0. The predicted molar refractivity (Wildman–Crippen MR) is 126 cm³/mol. The second-order valence-corrected chi connectivity index (χ2v) is 8.19. The fraction of sp³-hybridized carbons (Fsp3) is 0.333. The zero-order chi connectivity index (χ0) is 22.7. The summed E-state index contributed by atoms with van der Waals surface area (Å²) in [7, 11) is 3.14. The predicted octanol–water partition coefficient (Wildman–Crippen LogP) is 4.57. The van der Waals surface area contributed by atoms with Gasteiger partial charge in [-0.2, -0.15) is 5.10 Å². The van der Waals surface area contributed by atoms with E-state index in [1.165, 1.54) is 0 Å². The lowest BCUT2D eigenvalue weighted by atomic mass is 9.91. The second kappa shape index (κ2) is 9.63. The molecule has 0 aliphatic carbocycles. The van der Waals surface area contributed by atoms with Crippen LogP contribution < -0.4 is 20.1 Å². The molecule has 1 aliphatic heterocycles. The molecule has 0 atom stereocenters. The summed E-state index contributed by atoms with van der Waals surface area (Å²) in [5, 5.41) is 11.7. The number of hydrogen-bond donors (Lipinski definition) is 2. The van der Waals surface area contributed by atoms with Crippen molar-refractivity contribution in [3.05, 3.63) is 64.4 Å². The van der Waals surface area contributed by atoms with E-state index in [9.17, 15) is 4.79 Å². The molecule has 1 saturated heterocycles. The van der Waals surface area contributed by atoms with Gasteiger partial charge in [-0.3, -0.25) is 4.79 Å². The minimum atomic E-state index is -0.211. The number of amides is 1. The van der Waals surface area contributed by atoms with Gasteiger partial charge in [0.2, 0.25) is 0 Å². The van der Waals surface area contributed by atoms with Gasteiger partial charge in [-0.15, -0.1) is 0 Å². The molecule has 2 heterocycles. The van der Waals surface area contributed by atoms with Crippen LogP contribution in [-0.2, 0) is 0 Å². The summed E-state index contributed by atoms with van der Waals surface area (Å²) < 4.78 is 12.5. The first-order valence-electron chi connectivity index (χ1n) is 10.6.